The van der Waals surface area contributed by atoms with E-state index >= 15 is 0 Å². The molecular weight excluding hydrogens is 168 g/mol. The van der Waals surface area contributed by atoms with Gasteiger partial charge in [0.25, 0.3) is 0 Å². The van der Waals surface area contributed by atoms with Crippen LogP contribution >= 0.6 is 12.2 Å². The summed E-state index contributed by atoms with van der Waals surface area (Å²) in [6, 6.07) is 0.679. The standard InChI is InChI=1S/C9H18N2S/c1-3-8-6-4-5-7-11(8)9(12)10-2/h8H,3-7H2,1-2H3,(H,10,12). The summed E-state index contributed by atoms with van der Waals surface area (Å²) in [5, 5.41) is 3.97. The Morgan fingerprint density at radius 3 is 2.92 bits per heavy atom. The third kappa shape index (κ3) is 2.09. The largest absolute Gasteiger partial charge is 0.366 e. The van der Waals surface area contributed by atoms with Crippen LogP contribution in [-0.2, 0) is 0 Å². The van der Waals surface area contributed by atoms with Crippen LogP contribution in [0.5, 0.6) is 0 Å². The molecule has 1 aliphatic rings. The lowest BCUT2D eigenvalue weighted by Crippen LogP contribution is -2.47. The fourth-order valence-corrected chi connectivity index (χ4v) is 2.08. The van der Waals surface area contributed by atoms with Crippen molar-refractivity contribution in [1.82, 2.24) is 10.2 Å². The quantitative estimate of drug-likeness (QED) is 0.628. The number of rotatable bonds is 1. The molecule has 1 saturated heterocycles. The number of nitrogens with one attached hydrogen (secondary N) is 1. The maximum absolute atomic E-state index is 5.23. The molecule has 0 aromatic rings. The number of hydrogen-bond donors (Lipinski definition) is 1. The number of thiocarbonyl (C=S) groups is 1. The third-order valence-electron chi connectivity index (χ3n) is 2.57. The van der Waals surface area contributed by atoms with Crippen LogP contribution in [0.1, 0.15) is 32.6 Å². The van der Waals surface area contributed by atoms with Crippen LogP contribution in [0.25, 0.3) is 0 Å². The van der Waals surface area contributed by atoms with Crippen LogP contribution in [0.4, 0.5) is 0 Å². The minimum Gasteiger partial charge on any atom is -0.366 e. The van der Waals surface area contributed by atoms with E-state index in [4.69, 9.17) is 12.2 Å². The maximum Gasteiger partial charge on any atom is 0.168 e. The number of piperidine rings is 1. The van der Waals surface area contributed by atoms with E-state index in [1.165, 1.54) is 25.7 Å². The summed E-state index contributed by atoms with van der Waals surface area (Å²) in [5.74, 6) is 0. The smallest absolute Gasteiger partial charge is 0.168 e. The molecular formula is C9H18N2S. The summed E-state index contributed by atoms with van der Waals surface area (Å²) in [6.07, 6.45) is 5.17. The monoisotopic (exact) mass is 186 g/mol. The number of nitrogens with zero attached hydrogens (tertiary/aromatic N) is 1. The SMILES string of the molecule is CCC1CCCCN1C(=S)NC. The summed E-state index contributed by atoms with van der Waals surface area (Å²) in [5.41, 5.74) is 0. The lowest BCUT2D eigenvalue weighted by Gasteiger charge is -2.36. The Bertz CT molecular complexity index is 159. The van der Waals surface area contributed by atoms with Gasteiger partial charge in [-0.15, -0.1) is 0 Å². The first-order valence-electron chi connectivity index (χ1n) is 4.78. The van der Waals surface area contributed by atoms with Crippen molar-refractivity contribution in [3.05, 3.63) is 0 Å². The van der Waals surface area contributed by atoms with Gasteiger partial charge in [-0.3, -0.25) is 0 Å². The van der Waals surface area contributed by atoms with Crippen LogP contribution in [0.2, 0.25) is 0 Å². The molecule has 12 heavy (non-hydrogen) atoms. The summed E-state index contributed by atoms with van der Waals surface area (Å²) >= 11 is 5.23. The van der Waals surface area contributed by atoms with E-state index in [0.29, 0.717) is 6.04 Å². The second kappa shape index (κ2) is 4.65. The Hall–Kier alpha value is -0.310. The summed E-state index contributed by atoms with van der Waals surface area (Å²) in [6.45, 7) is 3.37. The molecule has 1 N–H and O–H groups in total. The van der Waals surface area contributed by atoms with Gasteiger partial charge in [0, 0.05) is 19.6 Å². The highest BCUT2D eigenvalue weighted by molar-refractivity contribution is 7.80. The van der Waals surface area contributed by atoms with Gasteiger partial charge in [-0.05, 0) is 37.9 Å². The van der Waals surface area contributed by atoms with Crippen molar-refractivity contribution in [1.29, 1.82) is 0 Å². The maximum atomic E-state index is 5.23. The van der Waals surface area contributed by atoms with E-state index in [0.717, 1.165) is 11.7 Å². The molecule has 0 bridgehead atoms. The van der Waals surface area contributed by atoms with Gasteiger partial charge in [0.1, 0.15) is 0 Å². The molecule has 1 atom stereocenters. The van der Waals surface area contributed by atoms with Gasteiger partial charge in [0.15, 0.2) is 5.11 Å². The van der Waals surface area contributed by atoms with Crippen LogP contribution < -0.4 is 5.32 Å². The van der Waals surface area contributed by atoms with Gasteiger partial charge in [-0.1, -0.05) is 6.92 Å². The van der Waals surface area contributed by atoms with Crippen LogP contribution in [0, 0.1) is 0 Å². The van der Waals surface area contributed by atoms with Crippen molar-refractivity contribution in [3.63, 3.8) is 0 Å². The fraction of sp³-hybridized carbons (Fsp3) is 0.889. The molecule has 0 aromatic carbocycles. The van der Waals surface area contributed by atoms with Crippen molar-refractivity contribution in [2.75, 3.05) is 13.6 Å². The van der Waals surface area contributed by atoms with Crippen LogP contribution in [0.3, 0.4) is 0 Å². The van der Waals surface area contributed by atoms with Crippen molar-refractivity contribution >= 4 is 17.3 Å². The highest BCUT2D eigenvalue weighted by Crippen LogP contribution is 2.19. The van der Waals surface area contributed by atoms with E-state index in [-0.39, 0.29) is 0 Å². The Balaban J connectivity index is 2.52. The molecule has 70 valence electrons. The minimum absolute atomic E-state index is 0.679. The Morgan fingerprint density at radius 2 is 2.33 bits per heavy atom. The third-order valence-corrected chi connectivity index (χ3v) is 3.01. The van der Waals surface area contributed by atoms with Crippen molar-refractivity contribution in [3.8, 4) is 0 Å². The second-order valence-corrected chi connectivity index (χ2v) is 3.69. The second-order valence-electron chi connectivity index (χ2n) is 3.31. The van der Waals surface area contributed by atoms with Crippen molar-refractivity contribution in [2.24, 2.45) is 0 Å². The predicted molar refractivity (Wildman–Crippen MR) is 56.3 cm³/mol. The normalized spacial score (nSPS) is 23.8. The Labute approximate surface area is 80.3 Å². The van der Waals surface area contributed by atoms with Gasteiger partial charge in [-0.25, -0.2) is 0 Å². The van der Waals surface area contributed by atoms with Crippen LogP contribution in [0.15, 0.2) is 0 Å². The lowest BCUT2D eigenvalue weighted by molar-refractivity contribution is 0.234. The molecule has 0 radical (unpaired) electrons. The van der Waals surface area contributed by atoms with Crippen molar-refractivity contribution < 1.29 is 0 Å². The number of likely N-dealkylation sites (tertiary alicyclic amines) is 1. The summed E-state index contributed by atoms with van der Waals surface area (Å²) < 4.78 is 0. The molecule has 0 aromatic heterocycles. The number of hydrogen-bond acceptors (Lipinski definition) is 1. The zero-order valence-electron chi connectivity index (χ0n) is 7.97. The van der Waals surface area contributed by atoms with Gasteiger partial charge in [-0.2, -0.15) is 0 Å². The first-order valence-corrected chi connectivity index (χ1v) is 5.18. The first-order chi connectivity index (χ1) is 5.79. The van der Waals surface area contributed by atoms with Gasteiger partial charge < -0.3 is 10.2 Å². The molecule has 1 fully saturated rings. The molecule has 3 heteroatoms. The molecule has 0 saturated carbocycles. The van der Waals surface area contributed by atoms with E-state index < -0.39 is 0 Å². The van der Waals surface area contributed by atoms with Gasteiger partial charge in [0.05, 0.1) is 0 Å². The zero-order chi connectivity index (χ0) is 8.97. The Kier molecular flexibility index (Phi) is 3.79. The Morgan fingerprint density at radius 1 is 1.58 bits per heavy atom. The van der Waals surface area contributed by atoms with E-state index in [2.05, 4.69) is 17.1 Å². The summed E-state index contributed by atoms with van der Waals surface area (Å²) in [4.78, 5) is 2.33. The zero-order valence-corrected chi connectivity index (χ0v) is 8.78. The topological polar surface area (TPSA) is 15.3 Å². The highest BCUT2D eigenvalue weighted by Gasteiger charge is 2.21. The molecule has 2 nitrogen and oxygen atoms in total. The van der Waals surface area contributed by atoms with Gasteiger partial charge in [0.2, 0.25) is 0 Å². The van der Waals surface area contributed by atoms with E-state index in [9.17, 15) is 0 Å². The molecule has 1 heterocycles. The fourth-order valence-electron chi connectivity index (χ4n) is 1.84. The van der Waals surface area contributed by atoms with E-state index in [1.807, 2.05) is 7.05 Å². The lowest BCUT2D eigenvalue weighted by atomic mass is 10.0. The van der Waals surface area contributed by atoms with Gasteiger partial charge >= 0.3 is 0 Å². The minimum atomic E-state index is 0.679. The molecule has 0 aliphatic carbocycles. The predicted octanol–water partition coefficient (Wildman–Crippen LogP) is 1.76. The highest BCUT2D eigenvalue weighted by atomic mass is 32.1. The molecule has 1 rings (SSSR count). The molecule has 1 unspecified atom stereocenters. The van der Waals surface area contributed by atoms with Crippen LogP contribution in [-0.4, -0.2) is 29.6 Å². The van der Waals surface area contributed by atoms with Crippen molar-refractivity contribution in [2.45, 2.75) is 38.6 Å². The average Bonchev–Trinajstić information content (AvgIpc) is 2.16. The van der Waals surface area contributed by atoms with E-state index in [1.54, 1.807) is 0 Å². The summed E-state index contributed by atoms with van der Waals surface area (Å²) in [7, 11) is 1.91. The molecule has 1 aliphatic heterocycles. The average molecular weight is 186 g/mol. The molecule has 0 spiro atoms. The first kappa shape index (κ1) is 9.78. The molecule has 0 amide bonds.